The molecule has 0 heterocycles. The maximum atomic E-state index is 9.56. The van der Waals surface area contributed by atoms with Crippen LogP contribution in [0.1, 0.15) is 25.7 Å². The van der Waals surface area contributed by atoms with Crippen molar-refractivity contribution in [3.8, 4) is 0 Å². The quantitative estimate of drug-likeness (QED) is 0.550. The molecular formula is C9H20N2O. The number of likely N-dealkylation sites (N-methyl/N-ethyl adjacent to an activating group) is 1. The van der Waals surface area contributed by atoms with E-state index in [0.717, 1.165) is 13.0 Å². The molecule has 1 fully saturated rings. The zero-order chi connectivity index (χ0) is 9.03. The monoisotopic (exact) mass is 172 g/mol. The minimum Gasteiger partial charge on any atom is -0.392 e. The number of nitrogens with two attached hydrogens (primary N) is 1. The predicted molar refractivity (Wildman–Crippen MR) is 49.9 cm³/mol. The Morgan fingerprint density at radius 2 is 2.25 bits per heavy atom. The summed E-state index contributed by atoms with van der Waals surface area (Å²) in [4.78, 5) is 0. The van der Waals surface area contributed by atoms with Crippen LogP contribution in [0.5, 0.6) is 0 Å². The number of aliphatic hydroxyl groups excluding tert-OH is 1. The minimum atomic E-state index is -0.223. The summed E-state index contributed by atoms with van der Waals surface area (Å²) >= 11 is 0. The molecule has 0 saturated heterocycles. The van der Waals surface area contributed by atoms with E-state index in [-0.39, 0.29) is 11.5 Å². The Morgan fingerprint density at radius 1 is 1.58 bits per heavy atom. The summed E-state index contributed by atoms with van der Waals surface area (Å²) in [5.74, 6) is 0. The maximum absolute atomic E-state index is 9.56. The predicted octanol–water partition coefficient (Wildman–Crippen LogP) is 0.0858. The molecule has 0 aromatic rings. The first-order valence-electron chi connectivity index (χ1n) is 4.75. The Balaban J connectivity index is 2.27. The third-order valence-electron chi connectivity index (χ3n) is 2.96. The lowest BCUT2D eigenvalue weighted by Gasteiger charge is -2.42. The van der Waals surface area contributed by atoms with Crippen molar-refractivity contribution in [3.05, 3.63) is 0 Å². The highest BCUT2D eigenvalue weighted by Crippen LogP contribution is 2.43. The largest absolute Gasteiger partial charge is 0.392 e. The normalized spacial score (nSPS) is 23.2. The molecule has 1 aliphatic carbocycles. The molecule has 1 saturated carbocycles. The molecule has 3 heteroatoms. The summed E-state index contributed by atoms with van der Waals surface area (Å²) in [7, 11) is 1.86. The van der Waals surface area contributed by atoms with Gasteiger partial charge in [0.25, 0.3) is 0 Å². The topological polar surface area (TPSA) is 58.3 Å². The van der Waals surface area contributed by atoms with Gasteiger partial charge in [0.1, 0.15) is 0 Å². The molecule has 4 N–H and O–H groups in total. The van der Waals surface area contributed by atoms with Crippen LogP contribution in [0.15, 0.2) is 0 Å². The van der Waals surface area contributed by atoms with Gasteiger partial charge in [0, 0.05) is 6.54 Å². The lowest BCUT2D eigenvalue weighted by atomic mass is 9.65. The van der Waals surface area contributed by atoms with E-state index in [4.69, 9.17) is 5.73 Å². The van der Waals surface area contributed by atoms with Crippen LogP contribution in [0.2, 0.25) is 0 Å². The van der Waals surface area contributed by atoms with Crippen molar-refractivity contribution in [2.24, 2.45) is 11.1 Å². The fraction of sp³-hybridized carbons (Fsp3) is 1.00. The summed E-state index contributed by atoms with van der Waals surface area (Å²) in [5.41, 5.74) is 5.96. The molecule has 0 aromatic heterocycles. The zero-order valence-corrected chi connectivity index (χ0v) is 7.84. The molecule has 12 heavy (non-hydrogen) atoms. The van der Waals surface area contributed by atoms with Crippen LogP contribution in [-0.4, -0.2) is 31.3 Å². The highest BCUT2D eigenvalue weighted by atomic mass is 16.3. The minimum absolute atomic E-state index is 0.223. The highest BCUT2D eigenvalue weighted by molar-refractivity contribution is 4.90. The number of hydrogen-bond donors (Lipinski definition) is 3. The van der Waals surface area contributed by atoms with Gasteiger partial charge in [0.2, 0.25) is 0 Å². The number of rotatable bonds is 5. The van der Waals surface area contributed by atoms with Gasteiger partial charge in [-0.2, -0.15) is 0 Å². The standard InChI is InChI=1S/C9H20N2O/c1-11-6-8(12)5-9(7-10)3-2-4-9/h8,11-12H,2-7,10H2,1H3/t8-/m1/s1. The fourth-order valence-corrected chi connectivity index (χ4v) is 1.98. The average Bonchev–Trinajstić information content (AvgIpc) is 1.97. The lowest BCUT2D eigenvalue weighted by molar-refractivity contribution is 0.0482. The molecule has 0 spiro atoms. The molecule has 72 valence electrons. The van der Waals surface area contributed by atoms with Crippen molar-refractivity contribution < 1.29 is 5.11 Å². The third-order valence-corrected chi connectivity index (χ3v) is 2.96. The van der Waals surface area contributed by atoms with Crippen LogP contribution in [0.4, 0.5) is 0 Å². The van der Waals surface area contributed by atoms with E-state index in [9.17, 15) is 5.11 Å². The van der Waals surface area contributed by atoms with Gasteiger partial charge < -0.3 is 16.2 Å². The number of hydrogen-bond acceptors (Lipinski definition) is 3. The summed E-state index contributed by atoms with van der Waals surface area (Å²) < 4.78 is 0. The first kappa shape index (κ1) is 9.96. The van der Waals surface area contributed by atoms with E-state index in [2.05, 4.69) is 5.32 Å². The maximum Gasteiger partial charge on any atom is 0.0670 e. The van der Waals surface area contributed by atoms with Gasteiger partial charge in [-0.1, -0.05) is 6.42 Å². The van der Waals surface area contributed by atoms with E-state index < -0.39 is 0 Å². The van der Waals surface area contributed by atoms with Gasteiger partial charge in [-0.05, 0) is 38.3 Å². The second-order valence-electron chi connectivity index (χ2n) is 3.97. The van der Waals surface area contributed by atoms with Crippen LogP contribution >= 0.6 is 0 Å². The SMILES string of the molecule is CNC[C@H](O)CC1(CN)CCC1. The van der Waals surface area contributed by atoms with E-state index in [0.29, 0.717) is 6.54 Å². The van der Waals surface area contributed by atoms with E-state index >= 15 is 0 Å². The summed E-state index contributed by atoms with van der Waals surface area (Å²) in [5, 5.41) is 12.5. The number of nitrogens with one attached hydrogen (secondary N) is 1. The lowest BCUT2D eigenvalue weighted by Crippen LogP contribution is -2.42. The van der Waals surface area contributed by atoms with E-state index in [1.165, 1.54) is 19.3 Å². The van der Waals surface area contributed by atoms with Crippen LogP contribution in [0.25, 0.3) is 0 Å². The Kier molecular flexibility index (Phi) is 3.50. The van der Waals surface area contributed by atoms with Crippen LogP contribution in [-0.2, 0) is 0 Å². The van der Waals surface area contributed by atoms with Gasteiger partial charge in [-0.15, -0.1) is 0 Å². The van der Waals surface area contributed by atoms with Crippen LogP contribution in [0, 0.1) is 5.41 Å². The molecule has 0 radical (unpaired) electrons. The van der Waals surface area contributed by atoms with Crippen molar-refractivity contribution >= 4 is 0 Å². The Hall–Kier alpha value is -0.120. The fourth-order valence-electron chi connectivity index (χ4n) is 1.98. The summed E-state index contributed by atoms with van der Waals surface area (Å²) in [6.45, 7) is 1.41. The molecule has 0 amide bonds. The van der Waals surface area contributed by atoms with Crippen molar-refractivity contribution in [2.75, 3.05) is 20.1 Å². The zero-order valence-electron chi connectivity index (χ0n) is 7.84. The molecule has 0 bridgehead atoms. The molecule has 1 atom stereocenters. The molecule has 0 aliphatic heterocycles. The smallest absolute Gasteiger partial charge is 0.0670 e. The van der Waals surface area contributed by atoms with Gasteiger partial charge in [-0.3, -0.25) is 0 Å². The van der Waals surface area contributed by atoms with Crippen molar-refractivity contribution in [2.45, 2.75) is 31.8 Å². The van der Waals surface area contributed by atoms with Crippen LogP contribution < -0.4 is 11.1 Å². The summed E-state index contributed by atoms with van der Waals surface area (Å²) in [6.07, 6.45) is 4.32. The average molecular weight is 172 g/mol. The molecule has 0 aromatic carbocycles. The first-order valence-corrected chi connectivity index (χ1v) is 4.75. The van der Waals surface area contributed by atoms with E-state index in [1.54, 1.807) is 0 Å². The van der Waals surface area contributed by atoms with Gasteiger partial charge in [0.05, 0.1) is 6.10 Å². The highest BCUT2D eigenvalue weighted by Gasteiger charge is 2.36. The number of aliphatic hydroxyl groups is 1. The summed E-state index contributed by atoms with van der Waals surface area (Å²) in [6, 6.07) is 0. The van der Waals surface area contributed by atoms with E-state index in [1.807, 2.05) is 7.05 Å². The Morgan fingerprint density at radius 3 is 2.58 bits per heavy atom. The van der Waals surface area contributed by atoms with Crippen molar-refractivity contribution in [1.29, 1.82) is 0 Å². The van der Waals surface area contributed by atoms with Gasteiger partial charge >= 0.3 is 0 Å². The Labute approximate surface area is 74.3 Å². The molecule has 1 aliphatic rings. The molecular weight excluding hydrogens is 152 g/mol. The van der Waals surface area contributed by atoms with Crippen LogP contribution in [0.3, 0.4) is 0 Å². The Bertz CT molecular complexity index is 129. The molecule has 0 unspecified atom stereocenters. The van der Waals surface area contributed by atoms with Gasteiger partial charge in [0.15, 0.2) is 0 Å². The van der Waals surface area contributed by atoms with Crippen molar-refractivity contribution in [1.82, 2.24) is 5.32 Å². The second kappa shape index (κ2) is 4.21. The third kappa shape index (κ3) is 2.19. The second-order valence-corrected chi connectivity index (χ2v) is 3.97. The first-order chi connectivity index (χ1) is 5.72. The molecule has 1 rings (SSSR count). The van der Waals surface area contributed by atoms with Gasteiger partial charge in [-0.25, -0.2) is 0 Å². The van der Waals surface area contributed by atoms with Crippen molar-refractivity contribution in [3.63, 3.8) is 0 Å². The molecule has 3 nitrogen and oxygen atoms in total.